The van der Waals surface area contributed by atoms with Crippen LogP contribution in [0.2, 0.25) is 0 Å². The van der Waals surface area contributed by atoms with Crippen molar-refractivity contribution < 1.29 is 18.8 Å². The molecule has 194 valence electrons. The molecule has 3 aromatic rings. The van der Waals surface area contributed by atoms with Gasteiger partial charge >= 0.3 is 0 Å². The molecular formula is C31H30FN3O3. The third kappa shape index (κ3) is 4.52. The zero-order chi connectivity index (χ0) is 26.2. The highest BCUT2D eigenvalue weighted by molar-refractivity contribution is 6.05. The Hall–Kier alpha value is -3.84. The first-order chi connectivity index (χ1) is 18.5. The standard InChI is InChI=1S/C31H30FN3O3/c32-25-18-23(17-24-19-35(31(38)28(24)25)26-11-12-27(36)33-30(26)37)20-13-15-34(16-14-20)29(21-7-3-1-4-8-21)22-9-5-2-6-10-22/h1-10,17-18,20,26,29H,11-16,19H2,(H,33,36,37). The maximum atomic E-state index is 15.3. The van der Waals surface area contributed by atoms with Gasteiger partial charge in [-0.05, 0) is 66.6 Å². The van der Waals surface area contributed by atoms with E-state index in [-0.39, 0.29) is 42.8 Å². The summed E-state index contributed by atoms with van der Waals surface area (Å²) in [5.74, 6) is -1.62. The van der Waals surface area contributed by atoms with Crippen molar-refractivity contribution in [2.45, 2.75) is 50.2 Å². The van der Waals surface area contributed by atoms with Gasteiger partial charge in [-0.1, -0.05) is 66.7 Å². The molecule has 0 bridgehead atoms. The molecule has 0 aromatic heterocycles. The summed E-state index contributed by atoms with van der Waals surface area (Å²) >= 11 is 0. The summed E-state index contributed by atoms with van der Waals surface area (Å²) < 4.78 is 15.3. The van der Waals surface area contributed by atoms with Gasteiger partial charge in [0.25, 0.3) is 5.91 Å². The first kappa shape index (κ1) is 24.5. The average molecular weight is 512 g/mol. The van der Waals surface area contributed by atoms with Gasteiger partial charge in [-0.25, -0.2) is 4.39 Å². The maximum Gasteiger partial charge on any atom is 0.258 e. The third-order valence-corrected chi connectivity index (χ3v) is 8.19. The second-order valence-corrected chi connectivity index (χ2v) is 10.5. The number of piperidine rings is 2. The summed E-state index contributed by atoms with van der Waals surface area (Å²) in [6.07, 6.45) is 2.22. The number of carbonyl (C=O) groups is 3. The molecule has 1 atom stereocenters. The number of nitrogens with one attached hydrogen (secondary N) is 1. The van der Waals surface area contributed by atoms with Crippen LogP contribution in [-0.2, 0) is 16.1 Å². The van der Waals surface area contributed by atoms with Crippen LogP contribution in [0.1, 0.15) is 70.3 Å². The number of halogens is 1. The fourth-order valence-corrected chi connectivity index (χ4v) is 6.29. The molecule has 0 spiro atoms. The molecule has 3 aliphatic rings. The van der Waals surface area contributed by atoms with E-state index >= 15 is 4.39 Å². The van der Waals surface area contributed by atoms with Crippen LogP contribution in [0.5, 0.6) is 0 Å². The van der Waals surface area contributed by atoms with Crippen LogP contribution in [0.3, 0.4) is 0 Å². The van der Waals surface area contributed by atoms with Gasteiger partial charge in [0.15, 0.2) is 0 Å². The summed E-state index contributed by atoms with van der Waals surface area (Å²) in [5.41, 5.74) is 4.11. The Morgan fingerprint density at radius 3 is 2.08 bits per heavy atom. The molecule has 6 rings (SSSR count). The number of likely N-dealkylation sites (tertiary alicyclic amines) is 1. The van der Waals surface area contributed by atoms with E-state index < -0.39 is 23.7 Å². The van der Waals surface area contributed by atoms with Crippen molar-refractivity contribution in [1.29, 1.82) is 0 Å². The maximum absolute atomic E-state index is 15.3. The summed E-state index contributed by atoms with van der Waals surface area (Å²) in [6.45, 7) is 1.94. The Balaban J connectivity index is 1.19. The minimum atomic E-state index is -0.744. The first-order valence-electron chi connectivity index (χ1n) is 13.3. The van der Waals surface area contributed by atoms with Gasteiger partial charge < -0.3 is 4.90 Å². The number of amides is 3. The smallest absolute Gasteiger partial charge is 0.258 e. The lowest BCUT2D eigenvalue weighted by Gasteiger charge is -2.38. The molecule has 3 amide bonds. The summed E-state index contributed by atoms with van der Waals surface area (Å²) in [4.78, 5) is 40.8. The number of benzene rings is 3. The zero-order valence-corrected chi connectivity index (χ0v) is 21.1. The topological polar surface area (TPSA) is 69.7 Å². The predicted octanol–water partition coefficient (Wildman–Crippen LogP) is 4.56. The lowest BCUT2D eigenvalue weighted by molar-refractivity contribution is -0.136. The Morgan fingerprint density at radius 1 is 0.842 bits per heavy atom. The normalized spacial score (nSPS) is 20.6. The van der Waals surface area contributed by atoms with E-state index in [1.54, 1.807) is 0 Å². The van der Waals surface area contributed by atoms with E-state index in [9.17, 15) is 14.4 Å². The van der Waals surface area contributed by atoms with Crippen LogP contribution < -0.4 is 5.32 Å². The molecule has 2 fully saturated rings. The number of fused-ring (bicyclic) bond motifs is 1. The summed E-state index contributed by atoms with van der Waals surface area (Å²) in [6, 6.07) is 23.9. The highest BCUT2D eigenvalue weighted by Crippen LogP contribution is 2.38. The Morgan fingerprint density at radius 2 is 1.47 bits per heavy atom. The molecule has 3 aliphatic heterocycles. The monoisotopic (exact) mass is 511 g/mol. The minimum absolute atomic E-state index is 0.0594. The average Bonchev–Trinajstić information content (AvgIpc) is 3.27. The quantitative estimate of drug-likeness (QED) is 0.510. The number of hydrogen-bond acceptors (Lipinski definition) is 4. The molecule has 6 nitrogen and oxygen atoms in total. The van der Waals surface area contributed by atoms with Gasteiger partial charge in [0.05, 0.1) is 11.6 Å². The third-order valence-electron chi connectivity index (χ3n) is 8.19. The lowest BCUT2D eigenvalue weighted by atomic mass is 9.86. The molecular weight excluding hydrogens is 481 g/mol. The molecule has 0 saturated carbocycles. The predicted molar refractivity (Wildman–Crippen MR) is 141 cm³/mol. The van der Waals surface area contributed by atoms with E-state index in [4.69, 9.17) is 0 Å². The Labute approximate surface area is 221 Å². The van der Waals surface area contributed by atoms with Crippen LogP contribution in [-0.4, -0.2) is 46.7 Å². The molecule has 1 N–H and O–H groups in total. The molecule has 2 saturated heterocycles. The number of imide groups is 1. The first-order valence-corrected chi connectivity index (χ1v) is 13.3. The highest BCUT2D eigenvalue weighted by Gasteiger charge is 2.41. The van der Waals surface area contributed by atoms with Crippen LogP contribution >= 0.6 is 0 Å². The Bertz CT molecular complexity index is 1330. The lowest BCUT2D eigenvalue weighted by Crippen LogP contribution is -2.52. The van der Waals surface area contributed by atoms with Crippen molar-refractivity contribution in [1.82, 2.24) is 15.1 Å². The molecule has 7 heteroatoms. The Kier molecular flexibility index (Phi) is 6.54. The van der Waals surface area contributed by atoms with Gasteiger partial charge in [0.2, 0.25) is 11.8 Å². The van der Waals surface area contributed by atoms with E-state index in [0.29, 0.717) is 5.56 Å². The second-order valence-electron chi connectivity index (χ2n) is 10.5. The van der Waals surface area contributed by atoms with E-state index in [1.165, 1.54) is 22.1 Å². The number of nitrogens with zero attached hydrogens (tertiary/aromatic N) is 2. The fraction of sp³-hybridized carbons (Fsp3) is 0.323. The largest absolute Gasteiger partial charge is 0.322 e. The van der Waals surface area contributed by atoms with E-state index in [0.717, 1.165) is 31.5 Å². The molecule has 3 aromatic carbocycles. The van der Waals surface area contributed by atoms with Crippen LogP contribution in [0.15, 0.2) is 72.8 Å². The van der Waals surface area contributed by atoms with Crippen molar-refractivity contribution in [2.24, 2.45) is 0 Å². The van der Waals surface area contributed by atoms with Gasteiger partial charge in [-0.3, -0.25) is 24.6 Å². The molecule has 38 heavy (non-hydrogen) atoms. The second kappa shape index (κ2) is 10.1. The zero-order valence-electron chi connectivity index (χ0n) is 21.1. The molecule has 0 radical (unpaired) electrons. The molecule has 1 unspecified atom stereocenters. The highest BCUT2D eigenvalue weighted by atomic mass is 19.1. The molecule has 3 heterocycles. The van der Waals surface area contributed by atoms with Gasteiger partial charge in [-0.2, -0.15) is 0 Å². The molecule has 0 aliphatic carbocycles. The number of rotatable bonds is 5. The SMILES string of the molecule is O=C1CCC(N2Cc3cc(C4CCN(C(c5ccccc5)c5ccccc5)CC4)cc(F)c3C2=O)C(=O)N1. The van der Waals surface area contributed by atoms with E-state index in [1.807, 2.05) is 18.2 Å². The van der Waals surface area contributed by atoms with Crippen molar-refractivity contribution in [3.8, 4) is 0 Å². The van der Waals surface area contributed by atoms with Gasteiger partial charge in [-0.15, -0.1) is 0 Å². The van der Waals surface area contributed by atoms with E-state index in [2.05, 4.69) is 58.7 Å². The van der Waals surface area contributed by atoms with Crippen LogP contribution in [0.4, 0.5) is 4.39 Å². The fourth-order valence-electron chi connectivity index (χ4n) is 6.29. The van der Waals surface area contributed by atoms with Gasteiger partial charge in [0, 0.05) is 13.0 Å². The number of hydrogen-bond donors (Lipinski definition) is 1. The van der Waals surface area contributed by atoms with Crippen molar-refractivity contribution in [3.05, 3.63) is 106 Å². The van der Waals surface area contributed by atoms with Gasteiger partial charge in [0.1, 0.15) is 11.9 Å². The van der Waals surface area contributed by atoms with Crippen molar-refractivity contribution >= 4 is 17.7 Å². The summed E-state index contributed by atoms with van der Waals surface area (Å²) in [5, 5.41) is 2.30. The van der Waals surface area contributed by atoms with Crippen molar-refractivity contribution in [2.75, 3.05) is 13.1 Å². The number of carbonyl (C=O) groups excluding carboxylic acids is 3. The minimum Gasteiger partial charge on any atom is -0.322 e. The summed E-state index contributed by atoms with van der Waals surface area (Å²) in [7, 11) is 0. The van der Waals surface area contributed by atoms with Crippen molar-refractivity contribution in [3.63, 3.8) is 0 Å². The van der Waals surface area contributed by atoms with Crippen LogP contribution in [0, 0.1) is 5.82 Å². The van der Waals surface area contributed by atoms with Crippen LogP contribution in [0.25, 0.3) is 0 Å².